The molecule has 94 valence electrons. The highest BCUT2D eigenvalue weighted by molar-refractivity contribution is 9.10. The SMILES string of the molecule is N#Cc1cc(NC(=O)CN2CCCC2)ccc1Br. The number of nitriles is 1. The molecular weight excluding hydrogens is 294 g/mol. The van der Waals surface area contributed by atoms with Gasteiger partial charge in [0.2, 0.25) is 5.91 Å². The van der Waals surface area contributed by atoms with Crippen LogP contribution in [0.15, 0.2) is 22.7 Å². The molecular formula is C13H14BrN3O. The van der Waals surface area contributed by atoms with Crippen molar-refractivity contribution < 1.29 is 4.79 Å². The molecule has 0 unspecified atom stereocenters. The van der Waals surface area contributed by atoms with Crippen molar-refractivity contribution in [3.05, 3.63) is 28.2 Å². The van der Waals surface area contributed by atoms with Crippen LogP contribution in [-0.2, 0) is 4.79 Å². The number of anilines is 1. The molecule has 4 nitrogen and oxygen atoms in total. The zero-order chi connectivity index (χ0) is 13.0. The highest BCUT2D eigenvalue weighted by Gasteiger charge is 2.15. The lowest BCUT2D eigenvalue weighted by Gasteiger charge is -2.14. The summed E-state index contributed by atoms with van der Waals surface area (Å²) >= 11 is 3.28. The van der Waals surface area contributed by atoms with Gasteiger partial charge in [-0.2, -0.15) is 5.26 Å². The smallest absolute Gasteiger partial charge is 0.238 e. The number of nitrogens with zero attached hydrogens (tertiary/aromatic N) is 2. The van der Waals surface area contributed by atoms with E-state index in [2.05, 4.69) is 32.2 Å². The highest BCUT2D eigenvalue weighted by Crippen LogP contribution is 2.20. The molecule has 0 bridgehead atoms. The van der Waals surface area contributed by atoms with Crippen molar-refractivity contribution >= 4 is 27.5 Å². The molecule has 1 aromatic rings. The van der Waals surface area contributed by atoms with E-state index in [1.807, 2.05) is 0 Å². The first kappa shape index (κ1) is 13.1. The maximum absolute atomic E-state index is 11.8. The van der Waals surface area contributed by atoms with Gasteiger partial charge in [0.25, 0.3) is 0 Å². The van der Waals surface area contributed by atoms with Crippen LogP contribution in [-0.4, -0.2) is 30.4 Å². The molecule has 1 heterocycles. The van der Waals surface area contributed by atoms with Gasteiger partial charge in [0, 0.05) is 10.2 Å². The molecule has 1 aliphatic rings. The van der Waals surface area contributed by atoms with Crippen molar-refractivity contribution in [2.45, 2.75) is 12.8 Å². The normalized spacial score (nSPS) is 15.3. The molecule has 2 rings (SSSR count). The van der Waals surface area contributed by atoms with E-state index in [0.717, 1.165) is 17.6 Å². The summed E-state index contributed by atoms with van der Waals surface area (Å²) in [5.74, 6) is -0.0249. The zero-order valence-corrected chi connectivity index (χ0v) is 11.5. The molecule has 1 aromatic carbocycles. The van der Waals surface area contributed by atoms with Crippen molar-refractivity contribution in [1.82, 2.24) is 4.90 Å². The summed E-state index contributed by atoms with van der Waals surface area (Å²) in [7, 11) is 0. The van der Waals surface area contributed by atoms with Crippen molar-refractivity contribution in [1.29, 1.82) is 5.26 Å². The molecule has 5 heteroatoms. The molecule has 0 aliphatic carbocycles. The lowest BCUT2D eigenvalue weighted by atomic mass is 10.2. The van der Waals surface area contributed by atoms with Gasteiger partial charge in [0.15, 0.2) is 0 Å². The van der Waals surface area contributed by atoms with Gasteiger partial charge in [-0.25, -0.2) is 0 Å². The number of amides is 1. The number of benzene rings is 1. The lowest BCUT2D eigenvalue weighted by molar-refractivity contribution is -0.117. The Hall–Kier alpha value is -1.38. The number of hydrogen-bond acceptors (Lipinski definition) is 3. The maximum Gasteiger partial charge on any atom is 0.238 e. The first-order valence-corrected chi connectivity index (χ1v) is 6.70. The Bertz CT molecular complexity index is 489. The third kappa shape index (κ3) is 3.31. The Morgan fingerprint density at radius 2 is 2.17 bits per heavy atom. The molecule has 18 heavy (non-hydrogen) atoms. The van der Waals surface area contributed by atoms with Gasteiger partial charge in [0.1, 0.15) is 6.07 Å². The van der Waals surface area contributed by atoms with Crippen LogP contribution in [0.2, 0.25) is 0 Å². The van der Waals surface area contributed by atoms with E-state index in [1.165, 1.54) is 12.8 Å². The molecule has 1 amide bonds. The van der Waals surface area contributed by atoms with Gasteiger partial charge in [-0.3, -0.25) is 9.69 Å². The molecule has 0 atom stereocenters. The van der Waals surface area contributed by atoms with Crippen molar-refractivity contribution in [3.8, 4) is 6.07 Å². The van der Waals surface area contributed by atoms with Gasteiger partial charge in [-0.1, -0.05) is 0 Å². The first-order chi connectivity index (χ1) is 8.69. The molecule has 0 radical (unpaired) electrons. The lowest BCUT2D eigenvalue weighted by Crippen LogP contribution is -2.30. The summed E-state index contributed by atoms with van der Waals surface area (Å²) in [6, 6.07) is 7.30. The quantitative estimate of drug-likeness (QED) is 0.932. The minimum Gasteiger partial charge on any atom is -0.325 e. The van der Waals surface area contributed by atoms with E-state index in [-0.39, 0.29) is 5.91 Å². The number of halogens is 1. The second kappa shape index (κ2) is 5.98. The third-order valence-corrected chi connectivity index (χ3v) is 3.63. The summed E-state index contributed by atoms with van der Waals surface area (Å²) < 4.78 is 0.738. The fraction of sp³-hybridized carbons (Fsp3) is 0.385. The summed E-state index contributed by atoms with van der Waals surface area (Å²) in [6.07, 6.45) is 2.34. The Morgan fingerprint density at radius 3 is 2.83 bits per heavy atom. The molecule has 0 saturated carbocycles. The van der Waals surface area contributed by atoms with Gasteiger partial charge in [-0.15, -0.1) is 0 Å². The number of likely N-dealkylation sites (tertiary alicyclic amines) is 1. The third-order valence-electron chi connectivity index (χ3n) is 2.94. The monoisotopic (exact) mass is 307 g/mol. The first-order valence-electron chi connectivity index (χ1n) is 5.91. The number of carbonyl (C=O) groups is 1. The predicted octanol–water partition coefficient (Wildman–Crippen LogP) is 2.36. The van der Waals surface area contributed by atoms with Crippen molar-refractivity contribution in [2.24, 2.45) is 0 Å². The molecule has 0 aromatic heterocycles. The molecule has 1 saturated heterocycles. The number of carbonyl (C=O) groups excluding carboxylic acids is 1. The summed E-state index contributed by atoms with van der Waals surface area (Å²) in [4.78, 5) is 13.9. The zero-order valence-electron chi connectivity index (χ0n) is 9.95. The molecule has 0 spiro atoms. The highest BCUT2D eigenvalue weighted by atomic mass is 79.9. The summed E-state index contributed by atoms with van der Waals surface area (Å²) in [5.41, 5.74) is 1.19. The minimum absolute atomic E-state index is 0.0249. The Morgan fingerprint density at radius 1 is 1.44 bits per heavy atom. The Labute approximate surface area is 115 Å². The second-order valence-corrected chi connectivity index (χ2v) is 5.19. The van der Waals surface area contributed by atoms with Crippen LogP contribution < -0.4 is 5.32 Å². The van der Waals surface area contributed by atoms with E-state index in [0.29, 0.717) is 17.8 Å². The van der Waals surface area contributed by atoms with E-state index in [4.69, 9.17) is 5.26 Å². The van der Waals surface area contributed by atoms with E-state index in [9.17, 15) is 4.79 Å². The molecule has 1 N–H and O–H groups in total. The van der Waals surface area contributed by atoms with Gasteiger partial charge in [0.05, 0.1) is 12.1 Å². The molecule has 1 aliphatic heterocycles. The van der Waals surface area contributed by atoms with E-state index < -0.39 is 0 Å². The molecule has 1 fully saturated rings. The Balaban J connectivity index is 1.96. The van der Waals surface area contributed by atoms with Gasteiger partial charge < -0.3 is 5.32 Å². The standard InChI is InChI=1S/C13H14BrN3O/c14-12-4-3-11(7-10(12)8-15)16-13(18)9-17-5-1-2-6-17/h3-4,7H,1-2,5-6,9H2,(H,16,18). The van der Waals surface area contributed by atoms with Crippen LogP contribution >= 0.6 is 15.9 Å². The minimum atomic E-state index is -0.0249. The average molecular weight is 308 g/mol. The predicted molar refractivity (Wildman–Crippen MR) is 73.2 cm³/mol. The Kier molecular flexibility index (Phi) is 4.34. The number of hydrogen-bond donors (Lipinski definition) is 1. The number of rotatable bonds is 3. The van der Waals surface area contributed by atoms with E-state index >= 15 is 0 Å². The van der Waals surface area contributed by atoms with Crippen LogP contribution in [0.1, 0.15) is 18.4 Å². The maximum atomic E-state index is 11.8. The summed E-state index contributed by atoms with van der Waals surface area (Å²) in [5, 5.41) is 11.7. The largest absolute Gasteiger partial charge is 0.325 e. The fourth-order valence-corrected chi connectivity index (χ4v) is 2.37. The second-order valence-electron chi connectivity index (χ2n) is 4.34. The van der Waals surface area contributed by atoms with Crippen LogP contribution in [0.5, 0.6) is 0 Å². The van der Waals surface area contributed by atoms with Gasteiger partial charge >= 0.3 is 0 Å². The van der Waals surface area contributed by atoms with Gasteiger partial charge in [-0.05, 0) is 60.1 Å². The number of nitrogens with one attached hydrogen (secondary N) is 1. The summed E-state index contributed by atoms with van der Waals surface area (Å²) in [6.45, 7) is 2.42. The topological polar surface area (TPSA) is 56.1 Å². The van der Waals surface area contributed by atoms with Crippen LogP contribution in [0.25, 0.3) is 0 Å². The van der Waals surface area contributed by atoms with Crippen molar-refractivity contribution in [3.63, 3.8) is 0 Å². The van der Waals surface area contributed by atoms with Crippen LogP contribution in [0, 0.1) is 11.3 Å². The average Bonchev–Trinajstić information content (AvgIpc) is 2.84. The van der Waals surface area contributed by atoms with Crippen LogP contribution in [0.4, 0.5) is 5.69 Å². The van der Waals surface area contributed by atoms with E-state index in [1.54, 1.807) is 18.2 Å². The van der Waals surface area contributed by atoms with Crippen LogP contribution in [0.3, 0.4) is 0 Å². The van der Waals surface area contributed by atoms with Crippen molar-refractivity contribution in [2.75, 3.05) is 25.0 Å². The fourth-order valence-electron chi connectivity index (χ4n) is 2.03.